The summed E-state index contributed by atoms with van der Waals surface area (Å²) in [6, 6.07) is 8.60. The third-order valence-electron chi connectivity index (χ3n) is 8.27. The predicted octanol–water partition coefficient (Wildman–Crippen LogP) is 7.29. The zero-order valence-corrected chi connectivity index (χ0v) is 26.0. The van der Waals surface area contributed by atoms with Crippen LogP contribution < -0.4 is 11.1 Å². The number of aromatic nitrogens is 5. The topological polar surface area (TPSA) is 104 Å². The van der Waals surface area contributed by atoms with Gasteiger partial charge in [0.25, 0.3) is 12.3 Å². The summed E-state index contributed by atoms with van der Waals surface area (Å²) in [7, 11) is 1.67. The van der Waals surface area contributed by atoms with Gasteiger partial charge in [-0.05, 0) is 49.1 Å². The number of anilines is 1. The summed E-state index contributed by atoms with van der Waals surface area (Å²) in [5.74, 6) is -6.77. The van der Waals surface area contributed by atoms with E-state index in [2.05, 4.69) is 15.5 Å². The number of rotatable bonds is 8. The predicted molar refractivity (Wildman–Crippen MR) is 163 cm³/mol. The summed E-state index contributed by atoms with van der Waals surface area (Å²) in [4.78, 5) is 18.3. The number of aryl methyl sites for hydroxylation is 2. The van der Waals surface area contributed by atoms with Crippen LogP contribution in [0.1, 0.15) is 65.6 Å². The third-order valence-corrected chi connectivity index (χ3v) is 8.58. The first-order chi connectivity index (χ1) is 22.1. The van der Waals surface area contributed by atoms with Gasteiger partial charge in [0, 0.05) is 41.9 Å². The summed E-state index contributed by atoms with van der Waals surface area (Å²) in [5.41, 5.74) is 6.91. The second-order valence-corrected chi connectivity index (χ2v) is 12.1. The Balaban J connectivity index is 1.45. The number of nitrogens with one attached hydrogen (secondary N) is 1. The quantitative estimate of drug-likeness (QED) is 0.168. The average molecular weight is 676 g/mol. The Bertz CT molecular complexity index is 2020. The number of amides is 1. The smallest absolute Gasteiger partial charge is 0.290 e. The van der Waals surface area contributed by atoms with Crippen LogP contribution in [0.3, 0.4) is 0 Å². The van der Waals surface area contributed by atoms with E-state index in [1.165, 1.54) is 11.6 Å². The van der Waals surface area contributed by atoms with Gasteiger partial charge in [0.05, 0.1) is 27.7 Å². The van der Waals surface area contributed by atoms with Gasteiger partial charge in [-0.3, -0.25) is 19.1 Å². The van der Waals surface area contributed by atoms with Crippen molar-refractivity contribution in [3.05, 3.63) is 93.0 Å². The molecule has 1 amide bonds. The van der Waals surface area contributed by atoms with E-state index in [1.54, 1.807) is 38.2 Å². The van der Waals surface area contributed by atoms with E-state index in [0.29, 0.717) is 43.5 Å². The Kier molecular flexibility index (Phi) is 8.19. The lowest BCUT2D eigenvalue weighted by Gasteiger charge is -2.23. The molecule has 1 aliphatic carbocycles. The second kappa shape index (κ2) is 11.9. The Hall–Kier alpha value is -4.59. The zero-order chi connectivity index (χ0) is 33.9. The number of halogens is 7. The molecule has 3 heterocycles. The van der Waals surface area contributed by atoms with Crippen LogP contribution in [0, 0.1) is 18.6 Å². The van der Waals surface area contributed by atoms with Crippen molar-refractivity contribution in [3.63, 3.8) is 0 Å². The molecule has 15 heteroatoms. The second-order valence-electron chi connectivity index (χ2n) is 11.7. The molecule has 3 aromatic heterocycles. The molecule has 2 aromatic carbocycles. The Morgan fingerprint density at radius 1 is 1.09 bits per heavy atom. The maximum atomic E-state index is 15.0. The van der Waals surface area contributed by atoms with Gasteiger partial charge >= 0.3 is 0 Å². The molecule has 0 radical (unpaired) electrons. The van der Waals surface area contributed by atoms with Crippen molar-refractivity contribution < 1.29 is 31.1 Å². The highest BCUT2D eigenvalue weighted by atomic mass is 35.5. The lowest BCUT2D eigenvalue weighted by Crippen LogP contribution is -2.35. The number of fused-ring (bicyclic) bond motifs is 2. The number of hydrogen-bond acceptors (Lipinski definition) is 5. The van der Waals surface area contributed by atoms with Gasteiger partial charge < -0.3 is 11.1 Å². The minimum atomic E-state index is -3.48. The van der Waals surface area contributed by atoms with Gasteiger partial charge in [-0.1, -0.05) is 30.7 Å². The summed E-state index contributed by atoms with van der Waals surface area (Å²) in [6.07, 6.45) is -4.00. The largest absolute Gasteiger partial charge is 0.382 e. The molecule has 0 aliphatic heterocycles. The van der Waals surface area contributed by atoms with E-state index in [-0.39, 0.29) is 29.1 Å². The highest BCUT2D eigenvalue weighted by Crippen LogP contribution is 2.51. The monoisotopic (exact) mass is 675 g/mol. The summed E-state index contributed by atoms with van der Waals surface area (Å²) < 4.78 is 88.4. The molecule has 2 atom stereocenters. The van der Waals surface area contributed by atoms with E-state index in [0.717, 1.165) is 12.1 Å². The third kappa shape index (κ3) is 5.90. The molecule has 0 fully saturated rings. The first-order valence-corrected chi connectivity index (χ1v) is 14.9. The van der Waals surface area contributed by atoms with Gasteiger partial charge in [-0.2, -0.15) is 19.0 Å². The molecule has 5 aromatic rings. The van der Waals surface area contributed by atoms with Crippen LogP contribution in [-0.4, -0.2) is 30.5 Å². The standard InChI is InChI=1S/C32H28ClF6N7O/c1-14-12-32(38,39)29-24(14)27(30(36)37)43-46(29)13-23(47)42-22(10-16-8-17(34)11-18(35)9-16)26-19(5-4-15(2)41-26)20-6-7-21(33)25-28(20)45(3)44-31(25)40/h4-9,11,14,22,30H,10,12-13H2,1-3H3,(H2,40,44)(H,42,47)/t14-,22-/m0/s1. The average Bonchev–Trinajstić information content (AvgIpc) is 3.58. The van der Waals surface area contributed by atoms with E-state index < -0.39 is 66.2 Å². The highest BCUT2D eigenvalue weighted by molar-refractivity contribution is 6.37. The molecule has 0 saturated carbocycles. The number of carbonyl (C=O) groups is 1. The minimum absolute atomic E-state index is 0.161. The molecule has 8 nitrogen and oxygen atoms in total. The van der Waals surface area contributed by atoms with E-state index in [1.807, 2.05) is 0 Å². The van der Waals surface area contributed by atoms with Gasteiger partial charge in [0.15, 0.2) is 5.82 Å². The van der Waals surface area contributed by atoms with Crippen molar-refractivity contribution in [1.29, 1.82) is 0 Å². The Morgan fingerprint density at radius 2 is 1.77 bits per heavy atom. The zero-order valence-electron chi connectivity index (χ0n) is 25.3. The first-order valence-electron chi connectivity index (χ1n) is 14.5. The molecule has 47 heavy (non-hydrogen) atoms. The fraction of sp³-hybridized carbons (Fsp3) is 0.312. The maximum absolute atomic E-state index is 15.0. The fourth-order valence-corrected chi connectivity index (χ4v) is 6.73. The van der Waals surface area contributed by atoms with Crippen molar-refractivity contribution in [2.75, 3.05) is 5.73 Å². The van der Waals surface area contributed by atoms with Crippen LogP contribution in [0.5, 0.6) is 0 Å². The van der Waals surface area contributed by atoms with Crippen molar-refractivity contribution in [3.8, 4) is 11.1 Å². The first kappa shape index (κ1) is 32.4. The molecule has 0 bridgehead atoms. The number of nitrogen functional groups attached to an aromatic ring is 1. The van der Waals surface area contributed by atoms with Gasteiger partial charge in [-0.25, -0.2) is 17.6 Å². The molecule has 0 saturated heterocycles. The summed E-state index contributed by atoms with van der Waals surface area (Å²) in [5, 5.41) is 11.6. The highest BCUT2D eigenvalue weighted by Gasteiger charge is 2.50. The van der Waals surface area contributed by atoms with E-state index >= 15 is 0 Å². The van der Waals surface area contributed by atoms with Crippen LogP contribution in [0.4, 0.5) is 32.2 Å². The lowest BCUT2D eigenvalue weighted by molar-refractivity contribution is -0.122. The Labute approximate surface area is 269 Å². The number of nitrogens with two attached hydrogens (primary N) is 1. The molecular formula is C32H28ClF6N7O. The molecular weight excluding hydrogens is 648 g/mol. The van der Waals surface area contributed by atoms with Crippen LogP contribution in [-0.2, 0) is 30.7 Å². The maximum Gasteiger partial charge on any atom is 0.290 e. The van der Waals surface area contributed by atoms with E-state index in [4.69, 9.17) is 22.3 Å². The van der Waals surface area contributed by atoms with Crippen molar-refractivity contribution in [2.45, 2.75) is 57.5 Å². The van der Waals surface area contributed by atoms with E-state index in [9.17, 15) is 31.1 Å². The normalized spacial score (nSPS) is 16.2. The van der Waals surface area contributed by atoms with Crippen LogP contribution in [0.15, 0.2) is 42.5 Å². The van der Waals surface area contributed by atoms with Crippen molar-refractivity contribution in [1.82, 2.24) is 29.9 Å². The molecule has 0 unspecified atom stereocenters. The molecule has 246 valence electrons. The van der Waals surface area contributed by atoms with Gasteiger partial charge in [0.1, 0.15) is 29.6 Å². The number of pyridine rings is 1. The van der Waals surface area contributed by atoms with Crippen LogP contribution in [0.2, 0.25) is 5.02 Å². The fourth-order valence-electron chi connectivity index (χ4n) is 6.48. The lowest BCUT2D eigenvalue weighted by atomic mass is 9.93. The number of hydrogen-bond donors (Lipinski definition) is 2. The van der Waals surface area contributed by atoms with Gasteiger partial charge in [0.2, 0.25) is 5.91 Å². The summed E-state index contributed by atoms with van der Waals surface area (Å²) >= 11 is 6.45. The van der Waals surface area contributed by atoms with Crippen LogP contribution in [0.25, 0.3) is 22.0 Å². The molecule has 0 spiro atoms. The SMILES string of the molecule is Cc1ccc(-c2ccc(Cl)c3c(N)nn(C)c23)c([C@H](Cc2cc(F)cc(F)c2)NC(=O)Cn2nc(C(F)F)c3c2C(F)(F)C[C@@H]3C)n1. The molecule has 6 rings (SSSR count). The van der Waals surface area contributed by atoms with Crippen molar-refractivity contribution >= 4 is 34.2 Å². The van der Waals surface area contributed by atoms with Crippen molar-refractivity contribution in [2.24, 2.45) is 7.05 Å². The van der Waals surface area contributed by atoms with Crippen LogP contribution >= 0.6 is 11.6 Å². The molecule has 3 N–H and O–H groups in total. The number of carbonyl (C=O) groups excluding carboxylic acids is 1. The number of nitrogens with zero attached hydrogens (tertiary/aromatic N) is 5. The Morgan fingerprint density at radius 3 is 2.45 bits per heavy atom. The molecule has 1 aliphatic rings. The van der Waals surface area contributed by atoms with Gasteiger partial charge in [-0.15, -0.1) is 0 Å². The number of alkyl halides is 4. The number of benzene rings is 2. The summed E-state index contributed by atoms with van der Waals surface area (Å²) in [6.45, 7) is 2.28. The minimum Gasteiger partial charge on any atom is -0.382 e.